The molecule has 2 heterocycles. The number of hydrogen-bond donors (Lipinski definition) is 4. The van der Waals surface area contributed by atoms with Crippen LogP contribution in [0.15, 0.2) is 0 Å². The Morgan fingerprint density at radius 1 is 0.909 bits per heavy atom. The quantitative estimate of drug-likeness (QED) is 0.446. The van der Waals surface area contributed by atoms with Crippen LogP contribution < -0.4 is 0 Å². The van der Waals surface area contributed by atoms with E-state index >= 15 is 0 Å². The van der Waals surface area contributed by atoms with Crippen molar-refractivity contribution in [3.63, 3.8) is 0 Å². The number of rotatable bonds is 4. The first-order chi connectivity index (χ1) is 10.4. The molecule has 2 saturated heterocycles. The summed E-state index contributed by atoms with van der Waals surface area (Å²) >= 11 is 0. The molecule has 130 valence electrons. The van der Waals surface area contributed by atoms with Crippen molar-refractivity contribution >= 4 is 0 Å². The van der Waals surface area contributed by atoms with Crippen LogP contribution in [-0.4, -0.2) is 96.6 Å². The van der Waals surface area contributed by atoms with E-state index in [1.807, 2.05) is 0 Å². The number of hydrogen-bond acceptors (Lipinski definition) is 9. The summed E-state index contributed by atoms with van der Waals surface area (Å²) < 4.78 is 26.3. The van der Waals surface area contributed by atoms with Crippen LogP contribution in [0.4, 0.5) is 0 Å². The monoisotopic (exact) mass is 324 g/mol. The van der Waals surface area contributed by atoms with Crippen LogP contribution in [0.25, 0.3) is 0 Å². The van der Waals surface area contributed by atoms with Crippen LogP contribution >= 0.6 is 0 Å². The number of aliphatic hydroxyl groups excluding tert-OH is 4. The summed E-state index contributed by atoms with van der Waals surface area (Å²) in [4.78, 5) is 0. The van der Waals surface area contributed by atoms with E-state index in [0.717, 1.165) is 0 Å². The lowest BCUT2D eigenvalue weighted by atomic mass is 9.98. The Hall–Kier alpha value is -0.360. The van der Waals surface area contributed by atoms with Crippen molar-refractivity contribution in [3.05, 3.63) is 0 Å². The van der Waals surface area contributed by atoms with Gasteiger partial charge in [0.15, 0.2) is 12.6 Å². The highest BCUT2D eigenvalue weighted by atomic mass is 16.7. The van der Waals surface area contributed by atoms with Gasteiger partial charge in [-0.25, -0.2) is 0 Å². The molecule has 2 aliphatic rings. The van der Waals surface area contributed by atoms with Crippen LogP contribution in [0, 0.1) is 0 Å². The van der Waals surface area contributed by atoms with Crippen molar-refractivity contribution in [3.8, 4) is 0 Å². The molecule has 0 bridgehead atoms. The van der Waals surface area contributed by atoms with Crippen molar-refractivity contribution in [2.45, 2.75) is 62.2 Å². The van der Waals surface area contributed by atoms with Gasteiger partial charge in [0.1, 0.15) is 36.6 Å². The first-order valence-corrected chi connectivity index (χ1v) is 7.11. The predicted octanol–water partition coefficient (Wildman–Crippen LogP) is -2.42. The van der Waals surface area contributed by atoms with Gasteiger partial charge in [0.25, 0.3) is 0 Å². The van der Waals surface area contributed by atoms with Gasteiger partial charge in [-0.05, 0) is 6.92 Å². The topological polar surface area (TPSA) is 127 Å². The van der Waals surface area contributed by atoms with Crippen molar-refractivity contribution in [1.82, 2.24) is 0 Å². The Kier molecular flexibility index (Phi) is 6.11. The molecule has 9 heteroatoms. The van der Waals surface area contributed by atoms with Gasteiger partial charge in [-0.2, -0.15) is 0 Å². The van der Waals surface area contributed by atoms with Gasteiger partial charge in [0.05, 0.1) is 12.7 Å². The molecular weight excluding hydrogens is 300 g/mol. The first-order valence-electron chi connectivity index (χ1n) is 7.11. The van der Waals surface area contributed by atoms with Gasteiger partial charge in [-0.1, -0.05) is 0 Å². The zero-order chi connectivity index (χ0) is 16.4. The van der Waals surface area contributed by atoms with Gasteiger partial charge in [0.2, 0.25) is 0 Å². The van der Waals surface area contributed by atoms with Gasteiger partial charge < -0.3 is 44.1 Å². The Morgan fingerprint density at radius 3 is 2.18 bits per heavy atom. The lowest BCUT2D eigenvalue weighted by Crippen LogP contribution is -2.62. The maximum absolute atomic E-state index is 10.1. The lowest BCUT2D eigenvalue weighted by Gasteiger charge is -2.44. The van der Waals surface area contributed by atoms with E-state index in [9.17, 15) is 20.4 Å². The number of methoxy groups -OCH3 is 2. The second-order valence-electron chi connectivity index (χ2n) is 5.48. The van der Waals surface area contributed by atoms with E-state index in [1.165, 1.54) is 14.2 Å². The third kappa shape index (κ3) is 3.42. The fourth-order valence-corrected chi connectivity index (χ4v) is 2.71. The second-order valence-corrected chi connectivity index (χ2v) is 5.48. The van der Waals surface area contributed by atoms with Crippen LogP contribution in [0.1, 0.15) is 6.92 Å². The molecule has 0 amide bonds. The SMILES string of the molecule is COC1COC(OC2C(C)OC(O)C(O)C2OC)C(O)C1O. The highest BCUT2D eigenvalue weighted by Gasteiger charge is 2.48. The van der Waals surface area contributed by atoms with E-state index in [-0.39, 0.29) is 6.61 Å². The molecule has 9 atom stereocenters. The Labute approximate surface area is 128 Å². The summed E-state index contributed by atoms with van der Waals surface area (Å²) in [7, 11) is 2.77. The summed E-state index contributed by atoms with van der Waals surface area (Å²) in [6.45, 7) is 1.68. The molecule has 4 N–H and O–H groups in total. The summed E-state index contributed by atoms with van der Waals surface area (Å²) in [6, 6.07) is 0. The van der Waals surface area contributed by atoms with Gasteiger partial charge >= 0.3 is 0 Å². The molecule has 2 aliphatic heterocycles. The van der Waals surface area contributed by atoms with Crippen molar-refractivity contribution in [1.29, 1.82) is 0 Å². The van der Waals surface area contributed by atoms with Gasteiger partial charge in [-0.15, -0.1) is 0 Å². The van der Waals surface area contributed by atoms with E-state index in [1.54, 1.807) is 6.92 Å². The van der Waals surface area contributed by atoms with E-state index in [4.69, 9.17) is 23.7 Å². The minimum Gasteiger partial charge on any atom is -0.387 e. The Balaban J connectivity index is 2.05. The maximum Gasteiger partial charge on any atom is 0.186 e. The molecule has 22 heavy (non-hydrogen) atoms. The summed E-state index contributed by atoms with van der Waals surface area (Å²) in [5.74, 6) is 0. The maximum atomic E-state index is 10.1. The van der Waals surface area contributed by atoms with Crippen molar-refractivity contribution in [2.24, 2.45) is 0 Å². The third-order valence-electron chi connectivity index (χ3n) is 4.07. The molecule has 0 aromatic rings. The molecule has 0 saturated carbocycles. The Morgan fingerprint density at radius 2 is 1.59 bits per heavy atom. The molecule has 2 fully saturated rings. The zero-order valence-corrected chi connectivity index (χ0v) is 12.7. The first kappa shape index (κ1) is 18.0. The third-order valence-corrected chi connectivity index (χ3v) is 4.07. The van der Waals surface area contributed by atoms with E-state index in [2.05, 4.69) is 0 Å². The van der Waals surface area contributed by atoms with Crippen LogP contribution in [0.3, 0.4) is 0 Å². The summed E-state index contributed by atoms with van der Waals surface area (Å²) in [5, 5.41) is 39.5. The van der Waals surface area contributed by atoms with Crippen molar-refractivity contribution < 1.29 is 44.1 Å². The highest BCUT2D eigenvalue weighted by Crippen LogP contribution is 2.28. The molecule has 0 radical (unpaired) electrons. The van der Waals surface area contributed by atoms with Crippen LogP contribution in [0.5, 0.6) is 0 Å². The van der Waals surface area contributed by atoms with E-state index in [0.29, 0.717) is 0 Å². The average Bonchev–Trinajstić information content (AvgIpc) is 2.49. The molecule has 2 rings (SSSR count). The summed E-state index contributed by atoms with van der Waals surface area (Å²) in [5.41, 5.74) is 0. The fourth-order valence-electron chi connectivity index (χ4n) is 2.71. The smallest absolute Gasteiger partial charge is 0.186 e. The minimum absolute atomic E-state index is 0.0458. The predicted molar refractivity (Wildman–Crippen MR) is 70.8 cm³/mol. The van der Waals surface area contributed by atoms with Gasteiger partial charge in [0, 0.05) is 14.2 Å². The molecule has 0 aliphatic carbocycles. The molecule has 0 spiro atoms. The van der Waals surface area contributed by atoms with Crippen molar-refractivity contribution in [2.75, 3.05) is 20.8 Å². The molecule has 9 nitrogen and oxygen atoms in total. The molecule has 0 aromatic carbocycles. The second kappa shape index (κ2) is 7.47. The number of ether oxygens (including phenoxy) is 5. The molecule has 9 unspecified atom stereocenters. The minimum atomic E-state index is -1.39. The fraction of sp³-hybridized carbons (Fsp3) is 1.00. The molecule has 0 aromatic heterocycles. The standard InChI is InChI=1S/C13H24O9/c1-5-10(11(19-3)9(16)12(17)21-5)22-13-8(15)7(14)6(18-2)4-20-13/h5-17H,4H2,1-3H3. The highest BCUT2D eigenvalue weighted by molar-refractivity contribution is 4.91. The normalized spacial score (nSPS) is 50.0. The zero-order valence-electron chi connectivity index (χ0n) is 12.7. The van der Waals surface area contributed by atoms with Gasteiger partial charge in [-0.3, -0.25) is 0 Å². The van der Waals surface area contributed by atoms with E-state index < -0.39 is 55.3 Å². The molecular formula is C13H24O9. The number of aliphatic hydroxyl groups is 4. The Bertz CT molecular complexity index is 354. The van der Waals surface area contributed by atoms with Crippen LogP contribution in [0.2, 0.25) is 0 Å². The van der Waals surface area contributed by atoms with Crippen LogP contribution in [-0.2, 0) is 23.7 Å². The average molecular weight is 324 g/mol. The lowest BCUT2D eigenvalue weighted by molar-refractivity contribution is -0.341. The summed E-state index contributed by atoms with van der Waals surface area (Å²) in [6.07, 6.45) is -9.24. The largest absolute Gasteiger partial charge is 0.387 e.